The van der Waals surface area contributed by atoms with Crippen LogP contribution in [0.2, 0.25) is 5.02 Å². The second-order valence-electron chi connectivity index (χ2n) is 5.74. The Morgan fingerprint density at radius 1 is 1.11 bits per heavy atom. The van der Waals surface area contributed by atoms with Gasteiger partial charge in [0.15, 0.2) is 0 Å². The Labute approximate surface area is 162 Å². The first-order valence-electron chi connectivity index (χ1n) is 8.03. The average Bonchev–Trinajstić information content (AvgIpc) is 3.19. The first-order valence-corrected chi connectivity index (χ1v) is 9.85. The molecular formula is C19H17ClN2O4S. The summed E-state index contributed by atoms with van der Waals surface area (Å²) in [6.45, 7) is 0.214. The van der Waals surface area contributed by atoms with Gasteiger partial charge in [-0.3, -0.25) is 9.10 Å². The number of anilines is 1. The monoisotopic (exact) mass is 404 g/mol. The number of nitrogens with zero attached hydrogens (tertiary/aromatic N) is 1. The van der Waals surface area contributed by atoms with Crippen LogP contribution in [-0.2, 0) is 16.6 Å². The van der Waals surface area contributed by atoms with Crippen LogP contribution in [0.5, 0.6) is 0 Å². The van der Waals surface area contributed by atoms with Gasteiger partial charge in [0.05, 0.1) is 23.4 Å². The molecule has 0 saturated carbocycles. The maximum atomic E-state index is 12.9. The van der Waals surface area contributed by atoms with E-state index in [-0.39, 0.29) is 17.0 Å². The van der Waals surface area contributed by atoms with Crippen molar-refractivity contribution >= 4 is 33.2 Å². The Kier molecular flexibility index (Phi) is 5.53. The molecule has 2 aromatic carbocycles. The van der Waals surface area contributed by atoms with E-state index < -0.39 is 15.9 Å². The lowest BCUT2D eigenvalue weighted by Crippen LogP contribution is -2.27. The number of rotatable bonds is 6. The third kappa shape index (κ3) is 4.32. The van der Waals surface area contributed by atoms with Crippen LogP contribution in [0.4, 0.5) is 5.69 Å². The zero-order valence-corrected chi connectivity index (χ0v) is 16.0. The van der Waals surface area contributed by atoms with Gasteiger partial charge in [-0.05, 0) is 48.5 Å². The molecule has 27 heavy (non-hydrogen) atoms. The molecule has 0 aliphatic rings. The Bertz CT molecular complexity index is 1050. The molecule has 0 spiro atoms. The molecule has 1 amide bonds. The molecule has 6 nitrogen and oxygen atoms in total. The number of halogens is 1. The molecule has 1 aromatic heterocycles. The third-order valence-corrected chi connectivity index (χ3v) is 5.95. The number of furan rings is 1. The number of carbonyl (C=O) groups is 1. The predicted molar refractivity (Wildman–Crippen MR) is 103 cm³/mol. The van der Waals surface area contributed by atoms with Gasteiger partial charge in [0.2, 0.25) is 0 Å². The number of sulfonamides is 1. The van der Waals surface area contributed by atoms with Gasteiger partial charge in [0, 0.05) is 17.6 Å². The van der Waals surface area contributed by atoms with Crippen LogP contribution in [-0.4, -0.2) is 21.4 Å². The maximum absolute atomic E-state index is 12.9. The molecule has 0 fully saturated rings. The summed E-state index contributed by atoms with van der Waals surface area (Å²) < 4.78 is 32.1. The van der Waals surface area contributed by atoms with E-state index in [1.807, 2.05) is 0 Å². The van der Waals surface area contributed by atoms with Crippen LogP contribution >= 0.6 is 11.6 Å². The van der Waals surface area contributed by atoms with Gasteiger partial charge in [-0.15, -0.1) is 0 Å². The predicted octanol–water partition coefficient (Wildman–Crippen LogP) is 3.69. The van der Waals surface area contributed by atoms with E-state index in [9.17, 15) is 13.2 Å². The second-order valence-corrected chi connectivity index (χ2v) is 8.15. The number of hydrogen-bond donors (Lipinski definition) is 1. The van der Waals surface area contributed by atoms with Crippen molar-refractivity contribution in [3.05, 3.63) is 83.3 Å². The minimum absolute atomic E-state index is 0.00984. The lowest BCUT2D eigenvalue weighted by atomic mass is 10.2. The molecule has 0 aliphatic heterocycles. The average molecular weight is 405 g/mol. The Morgan fingerprint density at radius 2 is 1.89 bits per heavy atom. The number of benzene rings is 2. The number of hydrogen-bond acceptors (Lipinski definition) is 4. The Hall–Kier alpha value is -2.77. The Balaban J connectivity index is 1.82. The summed E-state index contributed by atoms with van der Waals surface area (Å²) in [4.78, 5) is 12.3. The quantitative estimate of drug-likeness (QED) is 0.679. The van der Waals surface area contributed by atoms with Crippen LogP contribution in [0.1, 0.15) is 16.1 Å². The van der Waals surface area contributed by atoms with Crippen molar-refractivity contribution in [2.45, 2.75) is 11.4 Å². The van der Waals surface area contributed by atoms with E-state index in [0.717, 1.165) is 4.31 Å². The molecule has 0 atom stereocenters. The number of nitrogens with one attached hydrogen (secondary N) is 1. The largest absolute Gasteiger partial charge is 0.467 e. The highest BCUT2D eigenvalue weighted by Gasteiger charge is 2.22. The molecule has 1 N–H and O–H groups in total. The smallest absolute Gasteiger partial charge is 0.264 e. The van der Waals surface area contributed by atoms with Gasteiger partial charge >= 0.3 is 0 Å². The molecular weight excluding hydrogens is 388 g/mol. The third-order valence-electron chi connectivity index (χ3n) is 3.93. The van der Waals surface area contributed by atoms with Gasteiger partial charge in [0.25, 0.3) is 15.9 Å². The summed E-state index contributed by atoms with van der Waals surface area (Å²) in [5, 5.41) is 3.12. The van der Waals surface area contributed by atoms with Crippen molar-refractivity contribution in [2.24, 2.45) is 0 Å². The summed E-state index contributed by atoms with van der Waals surface area (Å²) in [5.74, 6) is 0.210. The van der Waals surface area contributed by atoms with E-state index in [2.05, 4.69) is 5.32 Å². The van der Waals surface area contributed by atoms with Gasteiger partial charge < -0.3 is 9.73 Å². The van der Waals surface area contributed by atoms with Crippen LogP contribution in [0, 0.1) is 0 Å². The summed E-state index contributed by atoms with van der Waals surface area (Å²) in [7, 11) is -2.41. The molecule has 140 valence electrons. The molecule has 3 aromatic rings. The van der Waals surface area contributed by atoms with E-state index in [4.69, 9.17) is 16.0 Å². The first kappa shape index (κ1) is 19.0. The fraction of sp³-hybridized carbons (Fsp3) is 0.105. The van der Waals surface area contributed by atoms with Gasteiger partial charge in [-0.1, -0.05) is 23.7 Å². The molecule has 0 unspecified atom stereocenters. The van der Waals surface area contributed by atoms with Crippen molar-refractivity contribution in [1.29, 1.82) is 0 Å². The molecule has 0 aliphatic carbocycles. The molecule has 8 heteroatoms. The fourth-order valence-electron chi connectivity index (χ4n) is 2.45. The maximum Gasteiger partial charge on any atom is 0.264 e. The zero-order chi connectivity index (χ0) is 19.4. The first-order chi connectivity index (χ1) is 12.9. The normalized spacial score (nSPS) is 11.2. The lowest BCUT2D eigenvalue weighted by molar-refractivity contribution is 0.0948. The summed E-state index contributed by atoms with van der Waals surface area (Å²) in [6.07, 6.45) is 1.51. The van der Waals surface area contributed by atoms with Gasteiger partial charge in [0.1, 0.15) is 5.76 Å². The molecule has 3 rings (SSSR count). The van der Waals surface area contributed by atoms with Gasteiger partial charge in [-0.25, -0.2) is 8.42 Å². The van der Waals surface area contributed by atoms with Crippen molar-refractivity contribution in [3.63, 3.8) is 0 Å². The molecule has 0 bridgehead atoms. The minimum atomic E-state index is -3.85. The standard InChI is InChI=1S/C19H17ClN2O4S/c1-22(16-7-3-6-15(20)12-16)27(24,25)18-9-2-5-14(11-18)19(23)21-13-17-8-4-10-26-17/h2-12H,13H2,1H3,(H,21,23). The van der Waals surface area contributed by atoms with Crippen LogP contribution in [0.15, 0.2) is 76.2 Å². The van der Waals surface area contributed by atoms with Crippen LogP contribution in [0.3, 0.4) is 0 Å². The van der Waals surface area contributed by atoms with Crippen molar-refractivity contribution in [3.8, 4) is 0 Å². The molecule has 1 heterocycles. The van der Waals surface area contributed by atoms with Crippen molar-refractivity contribution < 1.29 is 17.6 Å². The highest BCUT2D eigenvalue weighted by Crippen LogP contribution is 2.25. The minimum Gasteiger partial charge on any atom is -0.467 e. The van der Waals surface area contributed by atoms with Crippen molar-refractivity contribution in [2.75, 3.05) is 11.4 Å². The summed E-state index contributed by atoms with van der Waals surface area (Å²) in [6, 6.07) is 15.9. The van der Waals surface area contributed by atoms with Crippen LogP contribution in [0.25, 0.3) is 0 Å². The SMILES string of the molecule is CN(c1cccc(Cl)c1)S(=O)(=O)c1cccc(C(=O)NCc2ccco2)c1. The van der Waals surface area contributed by atoms with E-state index >= 15 is 0 Å². The topological polar surface area (TPSA) is 79.6 Å². The fourth-order valence-corrected chi connectivity index (χ4v) is 3.87. The summed E-state index contributed by atoms with van der Waals surface area (Å²) >= 11 is 5.95. The summed E-state index contributed by atoms with van der Waals surface area (Å²) in [5.41, 5.74) is 0.664. The Morgan fingerprint density at radius 3 is 2.59 bits per heavy atom. The van der Waals surface area contributed by atoms with E-state index in [1.54, 1.807) is 42.5 Å². The van der Waals surface area contributed by atoms with Gasteiger partial charge in [-0.2, -0.15) is 0 Å². The van der Waals surface area contributed by atoms with Crippen LogP contribution < -0.4 is 9.62 Å². The lowest BCUT2D eigenvalue weighted by Gasteiger charge is -2.20. The zero-order valence-electron chi connectivity index (χ0n) is 14.4. The highest BCUT2D eigenvalue weighted by molar-refractivity contribution is 7.92. The number of carbonyl (C=O) groups excluding carboxylic acids is 1. The molecule has 0 saturated heterocycles. The van der Waals surface area contributed by atoms with Crippen molar-refractivity contribution in [1.82, 2.24) is 5.32 Å². The number of amides is 1. The van der Waals surface area contributed by atoms with E-state index in [0.29, 0.717) is 16.5 Å². The second kappa shape index (κ2) is 7.85. The highest BCUT2D eigenvalue weighted by atomic mass is 35.5. The molecule has 0 radical (unpaired) electrons. The van der Waals surface area contributed by atoms with E-state index in [1.165, 1.54) is 31.5 Å².